The van der Waals surface area contributed by atoms with Crippen molar-refractivity contribution in [2.75, 3.05) is 7.11 Å². The number of carboxylic acids is 1. The van der Waals surface area contributed by atoms with E-state index in [9.17, 15) is 9.90 Å². The summed E-state index contributed by atoms with van der Waals surface area (Å²) in [6.07, 6.45) is 2.92. The number of phenolic OH excluding ortho intramolecular Hbond substituents is 1. The van der Waals surface area contributed by atoms with E-state index in [4.69, 9.17) is 21.4 Å². The van der Waals surface area contributed by atoms with Crippen LogP contribution in [0, 0.1) is 13.8 Å². The molecular formula is C16H21ClO4. The summed E-state index contributed by atoms with van der Waals surface area (Å²) in [4.78, 5) is 10.6. The van der Waals surface area contributed by atoms with Crippen LogP contribution in [-0.4, -0.2) is 23.3 Å². The standard InChI is InChI=1S/C16H21ClO4/c1-9(6-8-13(18)19)5-7-12-15(20)14(17)10(2)11(3)16(12)21-4/h5,20H,6-8H2,1-4H3,(H,18,19)/b9-5+. The van der Waals surface area contributed by atoms with Gasteiger partial charge in [0.1, 0.15) is 11.5 Å². The average molecular weight is 313 g/mol. The Morgan fingerprint density at radius 1 is 1.29 bits per heavy atom. The Morgan fingerprint density at radius 2 is 1.90 bits per heavy atom. The summed E-state index contributed by atoms with van der Waals surface area (Å²) >= 11 is 6.13. The van der Waals surface area contributed by atoms with Crippen LogP contribution in [0.25, 0.3) is 0 Å². The first-order chi connectivity index (χ1) is 9.79. The molecule has 0 aliphatic rings. The zero-order valence-electron chi connectivity index (χ0n) is 12.8. The van der Waals surface area contributed by atoms with E-state index in [1.54, 1.807) is 7.11 Å². The van der Waals surface area contributed by atoms with Crippen LogP contribution in [0.2, 0.25) is 5.02 Å². The van der Waals surface area contributed by atoms with E-state index in [0.29, 0.717) is 29.2 Å². The molecule has 116 valence electrons. The quantitative estimate of drug-likeness (QED) is 0.778. The van der Waals surface area contributed by atoms with E-state index in [-0.39, 0.29) is 12.2 Å². The van der Waals surface area contributed by atoms with Crippen LogP contribution in [0.3, 0.4) is 0 Å². The number of benzene rings is 1. The van der Waals surface area contributed by atoms with Crippen LogP contribution in [0.5, 0.6) is 11.5 Å². The molecule has 5 heteroatoms. The van der Waals surface area contributed by atoms with Gasteiger partial charge in [0, 0.05) is 12.0 Å². The molecule has 1 rings (SSSR count). The molecule has 1 aromatic rings. The predicted octanol–water partition coefficient (Wildman–Crippen LogP) is 4.02. The maximum atomic E-state index is 10.6. The number of carbonyl (C=O) groups is 1. The highest BCUT2D eigenvalue weighted by Gasteiger charge is 2.18. The smallest absolute Gasteiger partial charge is 0.303 e. The summed E-state index contributed by atoms with van der Waals surface area (Å²) in [6, 6.07) is 0. The van der Waals surface area contributed by atoms with Gasteiger partial charge in [-0.15, -0.1) is 0 Å². The molecule has 0 saturated heterocycles. The summed E-state index contributed by atoms with van der Waals surface area (Å²) in [6.45, 7) is 5.59. The lowest BCUT2D eigenvalue weighted by molar-refractivity contribution is -0.136. The SMILES string of the molecule is COc1c(C)c(C)c(Cl)c(O)c1C/C=C(\C)CCC(=O)O. The number of ether oxygens (including phenoxy) is 1. The number of hydrogen-bond acceptors (Lipinski definition) is 3. The van der Waals surface area contributed by atoms with Crippen LogP contribution >= 0.6 is 11.6 Å². The maximum Gasteiger partial charge on any atom is 0.303 e. The Bertz CT molecular complexity index is 576. The van der Waals surface area contributed by atoms with Gasteiger partial charge in [0.2, 0.25) is 0 Å². The third kappa shape index (κ3) is 4.14. The van der Waals surface area contributed by atoms with Crippen LogP contribution in [-0.2, 0) is 11.2 Å². The first kappa shape index (κ1) is 17.4. The lowest BCUT2D eigenvalue weighted by atomic mass is 9.99. The second-order valence-corrected chi connectivity index (χ2v) is 5.45. The van der Waals surface area contributed by atoms with Crippen LogP contribution in [0.4, 0.5) is 0 Å². The molecule has 0 saturated carbocycles. The van der Waals surface area contributed by atoms with Gasteiger partial charge in [0.25, 0.3) is 0 Å². The minimum Gasteiger partial charge on any atom is -0.506 e. The van der Waals surface area contributed by atoms with Crippen molar-refractivity contribution < 1.29 is 19.7 Å². The summed E-state index contributed by atoms with van der Waals surface area (Å²) in [5.41, 5.74) is 3.27. The highest BCUT2D eigenvalue weighted by atomic mass is 35.5. The second kappa shape index (κ2) is 7.36. The fourth-order valence-corrected chi connectivity index (χ4v) is 2.38. The normalized spacial score (nSPS) is 11.6. The average Bonchev–Trinajstić information content (AvgIpc) is 2.45. The lowest BCUT2D eigenvalue weighted by Crippen LogP contribution is -1.99. The summed E-state index contributed by atoms with van der Waals surface area (Å²) in [5, 5.41) is 19.2. The van der Waals surface area contributed by atoms with Crippen LogP contribution in [0.1, 0.15) is 36.5 Å². The molecule has 0 unspecified atom stereocenters. The molecule has 0 aliphatic heterocycles. The summed E-state index contributed by atoms with van der Waals surface area (Å²) in [7, 11) is 1.56. The van der Waals surface area contributed by atoms with Gasteiger partial charge in [-0.25, -0.2) is 0 Å². The lowest BCUT2D eigenvalue weighted by Gasteiger charge is -2.16. The van der Waals surface area contributed by atoms with Gasteiger partial charge in [-0.2, -0.15) is 0 Å². The number of phenols is 1. The minimum atomic E-state index is -0.822. The molecule has 0 spiro atoms. The minimum absolute atomic E-state index is 0.0268. The molecule has 0 radical (unpaired) electrons. The van der Waals surface area contributed by atoms with Gasteiger partial charge in [-0.05, 0) is 44.7 Å². The fraction of sp³-hybridized carbons (Fsp3) is 0.438. The molecule has 21 heavy (non-hydrogen) atoms. The molecular weight excluding hydrogens is 292 g/mol. The first-order valence-corrected chi connectivity index (χ1v) is 7.09. The van der Waals surface area contributed by atoms with Gasteiger partial charge in [0.05, 0.1) is 12.1 Å². The second-order valence-electron chi connectivity index (χ2n) is 5.07. The zero-order chi connectivity index (χ0) is 16.2. The monoisotopic (exact) mass is 312 g/mol. The van der Waals surface area contributed by atoms with Gasteiger partial charge >= 0.3 is 5.97 Å². The van der Waals surface area contributed by atoms with Crippen molar-refractivity contribution in [2.24, 2.45) is 0 Å². The molecule has 0 aromatic heterocycles. The molecule has 4 nitrogen and oxygen atoms in total. The summed E-state index contributed by atoms with van der Waals surface area (Å²) < 4.78 is 5.38. The third-order valence-corrected chi connectivity index (χ3v) is 4.05. The number of hydrogen-bond donors (Lipinski definition) is 2. The van der Waals surface area contributed by atoms with E-state index >= 15 is 0 Å². The molecule has 0 atom stereocenters. The Labute approximate surface area is 130 Å². The van der Waals surface area contributed by atoms with E-state index in [2.05, 4.69) is 0 Å². The van der Waals surface area contributed by atoms with Gasteiger partial charge in [-0.3, -0.25) is 4.79 Å². The number of allylic oxidation sites excluding steroid dienone is 2. The van der Waals surface area contributed by atoms with Crippen molar-refractivity contribution >= 4 is 17.6 Å². The van der Waals surface area contributed by atoms with E-state index in [1.807, 2.05) is 26.8 Å². The van der Waals surface area contributed by atoms with E-state index in [0.717, 1.165) is 16.7 Å². The molecule has 1 aromatic carbocycles. The summed E-state index contributed by atoms with van der Waals surface area (Å²) in [5.74, 6) is -0.173. The number of halogens is 1. The van der Waals surface area contributed by atoms with Crippen molar-refractivity contribution in [2.45, 2.75) is 40.0 Å². The Kier molecular flexibility index (Phi) is 6.09. The Hall–Kier alpha value is -1.68. The maximum absolute atomic E-state index is 10.6. The third-order valence-electron chi connectivity index (χ3n) is 3.59. The molecule has 0 heterocycles. The molecule has 0 bridgehead atoms. The van der Waals surface area contributed by atoms with Crippen LogP contribution in [0.15, 0.2) is 11.6 Å². The number of methoxy groups -OCH3 is 1. The highest BCUT2D eigenvalue weighted by Crippen LogP contribution is 2.41. The topological polar surface area (TPSA) is 66.8 Å². The molecule has 2 N–H and O–H groups in total. The zero-order valence-corrected chi connectivity index (χ0v) is 13.5. The predicted molar refractivity (Wildman–Crippen MR) is 83.5 cm³/mol. The van der Waals surface area contributed by atoms with Gasteiger partial charge in [0.15, 0.2) is 0 Å². The fourth-order valence-electron chi connectivity index (χ4n) is 2.13. The number of rotatable bonds is 6. The highest BCUT2D eigenvalue weighted by molar-refractivity contribution is 6.33. The Balaban J connectivity index is 3.08. The molecule has 0 fully saturated rings. The van der Waals surface area contributed by atoms with E-state index < -0.39 is 5.97 Å². The number of carboxylic acid groups (broad SMARTS) is 1. The van der Waals surface area contributed by atoms with Gasteiger partial charge < -0.3 is 14.9 Å². The van der Waals surface area contributed by atoms with Gasteiger partial charge in [-0.1, -0.05) is 23.3 Å². The first-order valence-electron chi connectivity index (χ1n) is 6.71. The van der Waals surface area contributed by atoms with Crippen LogP contribution < -0.4 is 4.74 Å². The number of aromatic hydroxyl groups is 1. The van der Waals surface area contributed by atoms with Crippen molar-refractivity contribution in [1.29, 1.82) is 0 Å². The van der Waals surface area contributed by atoms with E-state index in [1.165, 1.54) is 0 Å². The molecule has 0 amide bonds. The van der Waals surface area contributed by atoms with Crippen molar-refractivity contribution in [1.82, 2.24) is 0 Å². The van der Waals surface area contributed by atoms with Crippen molar-refractivity contribution in [3.05, 3.63) is 33.4 Å². The van der Waals surface area contributed by atoms with Crippen molar-refractivity contribution in [3.63, 3.8) is 0 Å². The molecule has 0 aliphatic carbocycles. The largest absolute Gasteiger partial charge is 0.506 e. The number of aliphatic carboxylic acids is 1. The van der Waals surface area contributed by atoms with Crippen molar-refractivity contribution in [3.8, 4) is 11.5 Å². The Morgan fingerprint density at radius 3 is 2.43 bits per heavy atom.